The molecule has 0 saturated heterocycles. The largest absolute Gasteiger partial charge is 0.345 e. The van der Waals surface area contributed by atoms with E-state index in [9.17, 15) is 4.79 Å². The number of amides is 1. The smallest absolute Gasteiger partial charge is 0.251 e. The molecule has 7 heteroatoms. The molecule has 0 aliphatic heterocycles. The lowest BCUT2D eigenvalue weighted by Crippen LogP contribution is -2.24. The minimum atomic E-state index is -0.124. The summed E-state index contributed by atoms with van der Waals surface area (Å²) in [4.78, 5) is 12.4. The number of hydrogen-bond donors (Lipinski definition) is 1. The molecule has 144 valence electrons. The van der Waals surface area contributed by atoms with Crippen molar-refractivity contribution in [1.82, 2.24) is 20.1 Å². The minimum Gasteiger partial charge on any atom is -0.345 e. The topological polar surface area (TPSA) is 59.8 Å². The number of carbonyl (C=O) groups excluding carboxylic acids is 1. The van der Waals surface area contributed by atoms with Gasteiger partial charge < -0.3 is 9.88 Å². The molecule has 2 aromatic carbocycles. The average molecular weight is 457 g/mol. The molecular weight excluding hydrogens is 436 g/mol. The molecule has 1 amide bonds. The number of aromatic nitrogens is 3. The van der Waals surface area contributed by atoms with Gasteiger partial charge in [-0.2, -0.15) is 0 Å². The third-order valence-electron chi connectivity index (χ3n) is 4.07. The number of allylic oxidation sites excluding steroid dienone is 1. The van der Waals surface area contributed by atoms with Crippen molar-refractivity contribution in [3.8, 4) is 0 Å². The maximum atomic E-state index is 12.4. The quantitative estimate of drug-likeness (QED) is 0.392. The molecule has 3 rings (SSSR count). The van der Waals surface area contributed by atoms with Gasteiger partial charge in [-0.15, -0.1) is 16.8 Å². The number of hydrogen-bond acceptors (Lipinski definition) is 4. The van der Waals surface area contributed by atoms with Crippen LogP contribution in [0.1, 0.15) is 27.3 Å². The van der Waals surface area contributed by atoms with Gasteiger partial charge in [0.25, 0.3) is 5.91 Å². The molecule has 0 bridgehead atoms. The SMILES string of the molecule is C=CCn1c(CNC(=O)c2cccc(C)c2)nnc1SCc1ccc(Br)cc1. The number of thioether (sulfide) groups is 1. The molecular formula is C21H21BrN4OS. The van der Waals surface area contributed by atoms with E-state index in [-0.39, 0.29) is 5.91 Å². The van der Waals surface area contributed by atoms with Gasteiger partial charge in [0.1, 0.15) is 0 Å². The van der Waals surface area contributed by atoms with E-state index >= 15 is 0 Å². The van der Waals surface area contributed by atoms with Crippen molar-refractivity contribution in [3.05, 3.63) is 88.2 Å². The summed E-state index contributed by atoms with van der Waals surface area (Å²) in [6.45, 7) is 6.69. The Morgan fingerprint density at radius 3 is 2.75 bits per heavy atom. The fourth-order valence-electron chi connectivity index (χ4n) is 2.65. The Bertz CT molecular complexity index is 969. The molecule has 0 atom stereocenters. The monoisotopic (exact) mass is 456 g/mol. The zero-order valence-corrected chi connectivity index (χ0v) is 18.0. The standard InChI is InChI=1S/C21H21BrN4OS/c1-3-11-26-19(13-23-20(27)17-6-4-5-15(2)12-17)24-25-21(26)28-14-16-7-9-18(22)10-8-16/h3-10,12H,1,11,13-14H2,2H3,(H,23,27). The molecule has 0 unspecified atom stereocenters. The van der Waals surface area contributed by atoms with Gasteiger partial charge >= 0.3 is 0 Å². The Hall–Kier alpha value is -2.38. The molecule has 0 aliphatic rings. The van der Waals surface area contributed by atoms with Crippen molar-refractivity contribution in [2.75, 3.05) is 0 Å². The highest BCUT2D eigenvalue weighted by molar-refractivity contribution is 9.10. The van der Waals surface area contributed by atoms with Crippen LogP contribution in [0.5, 0.6) is 0 Å². The summed E-state index contributed by atoms with van der Waals surface area (Å²) >= 11 is 5.06. The molecule has 0 fully saturated rings. The molecule has 1 N–H and O–H groups in total. The number of halogens is 1. The summed E-state index contributed by atoms with van der Waals surface area (Å²) in [5.41, 5.74) is 2.89. The second-order valence-electron chi connectivity index (χ2n) is 6.27. The average Bonchev–Trinajstić information content (AvgIpc) is 3.07. The van der Waals surface area contributed by atoms with Crippen LogP contribution in [0.25, 0.3) is 0 Å². The number of aryl methyl sites for hydroxylation is 1. The highest BCUT2D eigenvalue weighted by atomic mass is 79.9. The normalized spacial score (nSPS) is 10.6. The first-order valence-electron chi connectivity index (χ1n) is 8.82. The van der Waals surface area contributed by atoms with E-state index in [1.165, 1.54) is 5.56 Å². The van der Waals surface area contributed by atoms with Crippen molar-refractivity contribution in [2.24, 2.45) is 0 Å². The second-order valence-corrected chi connectivity index (χ2v) is 8.12. The molecule has 0 aliphatic carbocycles. The van der Waals surface area contributed by atoms with E-state index in [4.69, 9.17) is 0 Å². The van der Waals surface area contributed by atoms with Crippen LogP contribution in [0, 0.1) is 6.92 Å². The van der Waals surface area contributed by atoms with Gasteiger partial charge in [0.05, 0.1) is 6.54 Å². The lowest BCUT2D eigenvalue weighted by atomic mass is 10.1. The lowest BCUT2D eigenvalue weighted by Gasteiger charge is -2.09. The second kappa shape index (κ2) is 9.71. The van der Waals surface area contributed by atoms with Gasteiger partial charge in [-0.05, 0) is 36.8 Å². The highest BCUT2D eigenvalue weighted by Crippen LogP contribution is 2.23. The Labute approximate surface area is 177 Å². The van der Waals surface area contributed by atoms with Crippen LogP contribution in [0.2, 0.25) is 0 Å². The third kappa shape index (κ3) is 5.33. The molecule has 1 heterocycles. The van der Waals surface area contributed by atoms with Gasteiger partial charge in [-0.1, -0.05) is 63.6 Å². The van der Waals surface area contributed by atoms with Crippen LogP contribution in [0.4, 0.5) is 0 Å². The van der Waals surface area contributed by atoms with Crippen LogP contribution < -0.4 is 5.32 Å². The summed E-state index contributed by atoms with van der Waals surface area (Å²) in [6.07, 6.45) is 1.80. The van der Waals surface area contributed by atoms with Crippen molar-refractivity contribution in [3.63, 3.8) is 0 Å². The van der Waals surface area contributed by atoms with Gasteiger partial charge in [-0.3, -0.25) is 4.79 Å². The first-order chi connectivity index (χ1) is 13.6. The molecule has 1 aromatic heterocycles. The highest BCUT2D eigenvalue weighted by Gasteiger charge is 2.13. The maximum absolute atomic E-state index is 12.4. The summed E-state index contributed by atoms with van der Waals surface area (Å²) < 4.78 is 3.04. The van der Waals surface area contributed by atoms with E-state index in [0.29, 0.717) is 24.5 Å². The Morgan fingerprint density at radius 1 is 1.25 bits per heavy atom. The van der Waals surface area contributed by atoms with Gasteiger partial charge in [0, 0.05) is 22.3 Å². The summed E-state index contributed by atoms with van der Waals surface area (Å²) in [6, 6.07) is 15.7. The Kier molecular flexibility index (Phi) is 7.06. The molecule has 3 aromatic rings. The van der Waals surface area contributed by atoms with Crippen molar-refractivity contribution in [2.45, 2.75) is 30.9 Å². The van der Waals surface area contributed by atoms with Crippen LogP contribution in [0.3, 0.4) is 0 Å². The molecule has 5 nitrogen and oxygen atoms in total. The van der Waals surface area contributed by atoms with Crippen molar-refractivity contribution < 1.29 is 4.79 Å². The predicted octanol–water partition coefficient (Wildman–Crippen LogP) is 4.76. The first-order valence-corrected chi connectivity index (χ1v) is 10.6. The van der Waals surface area contributed by atoms with Crippen LogP contribution in [-0.2, 0) is 18.8 Å². The summed E-state index contributed by atoms with van der Waals surface area (Å²) in [5.74, 6) is 1.37. The van der Waals surface area contributed by atoms with Crippen LogP contribution in [-0.4, -0.2) is 20.7 Å². The first kappa shape index (κ1) is 20.4. The fraction of sp³-hybridized carbons (Fsp3) is 0.190. The van der Waals surface area contributed by atoms with E-state index in [0.717, 1.165) is 20.9 Å². The zero-order chi connectivity index (χ0) is 19.9. The Morgan fingerprint density at radius 2 is 2.04 bits per heavy atom. The van der Waals surface area contributed by atoms with Gasteiger partial charge in [-0.25, -0.2) is 0 Å². The molecule has 28 heavy (non-hydrogen) atoms. The van der Waals surface area contributed by atoms with Crippen molar-refractivity contribution in [1.29, 1.82) is 0 Å². The minimum absolute atomic E-state index is 0.124. The molecule has 0 radical (unpaired) electrons. The number of rotatable bonds is 8. The van der Waals surface area contributed by atoms with Crippen LogP contribution >= 0.6 is 27.7 Å². The van der Waals surface area contributed by atoms with E-state index in [1.807, 2.05) is 41.8 Å². The molecule has 0 spiro atoms. The number of carbonyl (C=O) groups is 1. The summed E-state index contributed by atoms with van der Waals surface area (Å²) in [5, 5.41) is 12.3. The van der Waals surface area contributed by atoms with Gasteiger partial charge in [0.2, 0.25) is 0 Å². The number of nitrogens with zero attached hydrogens (tertiary/aromatic N) is 3. The summed E-state index contributed by atoms with van der Waals surface area (Å²) in [7, 11) is 0. The van der Waals surface area contributed by atoms with Crippen LogP contribution in [0.15, 0.2) is 70.8 Å². The lowest BCUT2D eigenvalue weighted by molar-refractivity contribution is 0.0949. The number of benzene rings is 2. The van der Waals surface area contributed by atoms with E-state index in [2.05, 4.69) is 50.2 Å². The third-order valence-corrected chi connectivity index (χ3v) is 5.64. The van der Waals surface area contributed by atoms with E-state index in [1.54, 1.807) is 23.9 Å². The number of nitrogens with one attached hydrogen (secondary N) is 1. The predicted molar refractivity (Wildman–Crippen MR) is 116 cm³/mol. The zero-order valence-electron chi connectivity index (χ0n) is 15.6. The maximum Gasteiger partial charge on any atom is 0.251 e. The van der Waals surface area contributed by atoms with Gasteiger partial charge in [0.15, 0.2) is 11.0 Å². The Balaban J connectivity index is 1.66. The van der Waals surface area contributed by atoms with E-state index < -0.39 is 0 Å². The van der Waals surface area contributed by atoms with Crippen molar-refractivity contribution >= 4 is 33.6 Å². The molecule has 0 saturated carbocycles. The fourth-order valence-corrected chi connectivity index (χ4v) is 3.83.